The minimum atomic E-state index is -1.13. The predicted octanol–water partition coefficient (Wildman–Crippen LogP) is 1.24. The van der Waals surface area contributed by atoms with Crippen molar-refractivity contribution in [2.75, 3.05) is 26.3 Å². The Morgan fingerprint density at radius 3 is 2.00 bits per heavy atom. The normalized spacial score (nSPS) is 11.2. The van der Waals surface area contributed by atoms with Crippen LogP contribution in [0.1, 0.15) is 40.5 Å². The number of ether oxygens (including phenoxy) is 4. The summed E-state index contributed by atoms with van der Waals surface area (Å²) in [6.45, 7) is 7.41. The molecule has 0 rings (SSSR count). The number of nitrogens with zero attached hydrogens (tertiary/aromatic N) is 1. The molecule has 1 atom stereocenters. The molecular formula is C15H25NO8. The Kier molecular flexibility index (Phi) is 11.0. The summed E-state index contributed by atoms with van der Waals surface area (Å²) in [6.07, 6.45) is -2.57. The van der Waals surface area contributed by atoms with Gasteiger partial charge in [0.25, 0.3) is 5.91 Å². The van der Waals surface area contributed by atoms with Crippen LogP contribution in [0.25, 0.3) is 0 Å². The van der Waals surface area contributed by atoms with E-state index in [1.54, 1.807) is 6.92 Å². The maximum atomic E-state index is 11.6. The number of likely N-dealkylation sites (N-methyl/N-ethyl adjacent to an activating group) is 1. The van der Waals surface area contributed by atoms with Gasteiger partial charge in [0, 0.05) is 20.0 Å². The van der Waals surface area contributed by atoms with Gasteiger partial charge >= 0.3 is 18.1 Å². The third-order valence-corrected chi connectivity index (χ3v) is 2.83. The number of amides is 1. The Bertz CT molecular complexity index is 433. The highest BCUT2D eigenvalue weighted by atomic mass is 16.8. The molecule has 0 bridgehead atoms. The highest BCUT2D eigenvalue weighted by Gasteiger charge is 2.17. The number of rotatable bonds is 10. The molecule has 24 heavy (non-hydrogen) atoms. The molecule has 0 N–H and O–H groups in total. The summed E-state index contributed by atoms with van der Waals surface area (Å²) in [4.78, 5) is 47.2. The molecule has 0 aromatic heterocycles. The fourth-order valence-corrected chi connectivity index (χ4v) is 1.64. The summed E-state index contributed by atoms with van der Waals surface area (Å²) < 4.78 is 18.7. The molecular weight excluding hydrogens is 322 g/mol. The molecule has 1 unspecified atom stereocenters. The molecule has 1 amide bonds. The summed E-state index contributed by atoms with van der Waals surface area (Å²) in [5.41, 5.74) is 0. The predicted molar refractivity (Wildman–Crippen MR) is 81.8 cm³/mol. The molecule has 9 nitrogen and oxygen atoms in total. The first-order chi connectivity index (χ1) is 11.3. The van der Waals surface area contributed by atoms with Crippen LogP contribution in [0.5, 0.6) is 0 Å². The van der Waals surface area contributed by atoms with Gasteiger partial charge in [-0.15, -0.1) is 0 Å². The number of esters is 2. The van der Waals surface area contributed by atoms with Crippen LogP contribution in [0.3, 0.4) is 0 Å². The monoisotopic (exact) mass is 347 g/mol. The first-order valence-corrected chi connectivity index (χ1v) is 7.80. The van der Waals surface area contributed by atoms with E-state index in [9.17, 15) is 19.2 Å². The van der Waals surface area contributed by atoms with Gasteiger partial charge in [0.05, 0.1) is 19.4 Å². The van der Waals surface area contributed by atoms with Crippen LogP contribution in [0.15, 0.2) is 0 Å². The first-order valence-electron chi connectivity index (χ1n) is 7.80. The molecule has 0 aliphatic rings. The van der Waals surface area contributed by atoms with E-state index in [0.29, 0.717) is 13.1 Å². The van der Waals surface area contributed by atoms with Crippen molar-refractivity contribution < 1.29 is 38.1 Å². The quantitative estimate of drug-likeness (QED) is 0.330. The molecule has 0 aromatic carbocycles. The van der Waals surface area contributed by atoms with E-state index in [0.717, 1.165) is 0 Å². The molecule has 9 heteroatoms. The van der Waals surface area contributed by atoms with Crippen molar-refractivity contribution in [3.8, 4) is 0 Å². The Labute approximate surface area is 141 Å². The van der Waals surface area contributed by atoms with Gasteiger partial charge in [-0.2, -0.15) is 0 Å². The van der Waals surface area contributed by atoms with Gasteiger partial charge in [-0.3, -0.25) is 14.4 Å². The van der Waals surface area contributed by atoms with Crippen molar-refractivity contribution >= 4 is 24.0 Å². The summed E-state index contributed by atoms with van der Waals surface area (Å²) in [6, 6.07) is 0. The van der Waals surface area contributed by atoms with Crippen LogP contribution >= 0.6 is 0 Å². The molecule has 138 valence electrons. The summed E-state index contributed by atoms with van der Waals surface area (Å²) >= 11 is 0. The van der Waals surface area contributed by atoms with Crippen LogP contribution in [0.4, 0.5) is 4.79 Å². The van der Waals surface area contributed by atoms with E-state index >= 15 is 0 Å². The second-order valence-electron chi connectivity index (χ2n) is 4.59. The van der Waals surface area contributed by atoms with Crippen LogP contribution in [-0.2, 0) is 33.3 Å². The Morgan fingerprint density at radius 2 is 1.46 bits per heavy atom. The van der Waals surface area contributed by atoms with Gasteiger partial charge in [-0.25, -0.2) is 4.79 Å². The minimum Gasteiger partial charge on any atom is -0.456 e. The molecule has 0 heterocycles. The highest BCUT2D eigenvalue weighted by Crippen LogP contribution is 2.02. The lowest BCUT2D eigenvalue weighted by atomic mass is 10.3. The largest absolute Gasteiger partial charge is 0.511 e. The average Bonchev–Trinajstić information content (AvgIpc) is 2.52. The van der Waals surface area contributed by atoms with Crippen LogP contribution in [0.2, 0.25) is 0 Å². The summed E-state index contributed by atoms with van der Waals surface area (Å²) in [5, 5.41) is 0. The van der Waals surface area contributed by atoms with Gasteiger partial charge in [-0.1, -0.05) is 0 Å². The highest BCUT2D eigenvalue weighted by molar-refractivity contribution is 5.82. The molecule has 0 aliphatic carbocycles. The van der Waals surface area contributed by atoms with E-state index in [1.165, 1.54) is 11.8 Å². The standard InChI is InChI=1S/C15H25NO8/c1-5-16(6-2)12(17)10-22-13(18)8-9-14(19)23-11(4)24-15(20)21-7-3/h11H,5-10H2,1-4H3. The summed E-state index contributed by atoms with van der Waals surface area (Å²) in [7, 11) is 0. The zero-order chi connectivity index (χ0) is 18.5. The maximum Gasteiger partial charge on any atom is 0.511 e. The minimum absolute atomic E-state index is 0.136. The fourth-order valence-electron chi connectivity index (χ4n) is 1.64. The fraction of sp³-hybridized carbons (Fsp3) is 0.733. The Hall–Kier alpha value is -2.32. The lowest BCUT2D eigenvalue weighted by Gasteiger charge is -2.18. The zero-order valence-corrected chi connectivity index (χ0v) is 14.5. The number of carbonyl (C=O) groups is 4. The molecule has 0 saturated heterocycles. The van der Waals surface area contributed by atoms with Gasteiger partial charge in [-0.05, 0) is 20.8 Å². The van der Waals surface area contributed by atoms with Crippen molar-refractivity contribution in [3.05, 3.63) is 0 Å². The van der Waals surface area contributed by atoms with Crippen molar-refractivity contribution in [2.24, 2.45) is 0 Å². The van der Waals surface area contributed by atoms with E-state index in [-0.39, 0.29) is 32.0 Å². The second kappa shape index (κ2) is 12.1. The van der Waals surface area contributed by atoms with Crippen molar-refractivity contribution in [1.29, 1.82) is 0 Å². The Morgan fingerprint density at radius 1 is 0.875 bits per heavy atom. The lowest BCUT2D eigenvalue weighted by molar-refractivity contribution is -0.169. The van der Waals surface area contributed by atoms with Crippen LogP contribution < -0.4 is 0 Å². The number of hydrogen-bond donors (Lipinski definition) is 0. The smallest absolute Gasteiger partial charge is 0.456 e. The topological polar surface area (TPSA) is 108 Å². The molecule has 0 aliphatic heterocycles. The van der Waals surface area contributed by atoms with Crippen LogP contribution in [0, 0.1) is 0 Å². The van der Waals surface area contributed by atoms with Crippen molar-refractivity contribution in [1.82, 2.24) is 4.90 Å². The third kappa shape index (κ3) is 9.65. The van der Waals surface area contributed by atoms with Gasteiger partial charge in [0.2, 0.25) is 6.29 Å². The maximum absolute atomic E-state index is 11.6. The average molecular weight is 347 g/mol. The zero-order valence-electron chi connectivity index (χ0n) is 14.5. The van der Waals surface area contributed by atoms with Gasteiger partial charge in [0.15, 0.2) is 6.61 Å². The number of carbonyl (C=O) groups excluding carboxylic acids is 4. The second-order valence-corrected chi connectivity index (χ2v) is 4.59. The van der Waals surface area contributed by atoms with Crippen LogP contribution in [-0.4, -0.2) is 61.5 Å². The molecule has 0 aromatic rings. The SMILES string of the molecule is CCOC(=O)OC(C)OC(=O)CCC(=O)OCC(=O)N(CC)CC. The van der Waals surface area contributed by atoms with Crippen molar-refractivity contribution in [2.45, 2.75) is 46.8 Å². The molecule has 0 spiro atoms. The van der Waals surface area contributed by atoms with Gasteiger partial charge < -0.3 is 23.8 Å². The molecule has 0 fully saturated rings. The van der Waals surface area contributed by atoms with Gasteiger partial charge in [0.1, 0.15) is 0 Å². The van der Waals surface area contributed by atoms with Crippen molar-refractivity contribution in [3.63, 3.8) is 0 Å². The first kappa shape index (κ1) is 21.7. The van der Waals surface area contributed by atoms with E-state index in [2.05, 4.69) is 9.47 Å². The lowest BCUT2D eigenvalue weighted by Crippen LogP contribution is -2.34. The summed E-state index contributed by atoms with van der Waals surface area (Å²) in [5.74, 6) is -1.72. The van der Waals surface area contributed by atoms with E-state index in [4.69, 9.17) is 9.47 Å². The number of hydrogen-bond acceptors (Lipinski definition) is 8. The molecule has 0 radical (unpaired) electrons. The molecule has 0 saturated carbocycles. The third-order valence-electron chi connectivity index (χ3n) is 2.83. The van der Waals surface area contributed by atoms with E-state index in [1.807, 2.05) is 13.8 Å². The van der Waals surface area contributed by atoms with E-state index < -0.39 is 24.4 Å². The Balaban J connectivity index is 3.99.